The zero-order valence-corrected chi connectivity index (χ0v) is 80.9. The average Bonchev–Trinajstić information content (AvgIpc) is 0.789. The van der Waals surface area contributed by atoms with Gasteiger partial charge in [-0.3, -0.25) is 0 Å². The summed E-state index contributed by atoms with van der Waals surface area (Å²) in [6.45, 7) is 12.1. The van der Waals surface area contributed by atoms with Crippen molar-refractivity contribution < 1.29 is 87.8 Å². The van der Waals surface area contributed by atoms with E-state index in [1.165, 1.54) is 73.4 Å². The van der Waals surface area contributed by atoms with E-state index >= 15 is 0 Å². The predicted molar refractivity (Wildman–Crippen MR) is 515 cm³/mol. The van der Waals surface area contributed by atoms with Crippen molar-refractivity contribution in [3.63, 3.8) is 0 Å². The van der Waals surface area contributed by atoms with Crippen molar-refractivity contribution in [1.82, 2.24) is 0 Å². The minimum atomic E-state index is -0.939. The molecule has 12 rings (SSSR count). The fraction of sp³-hybridized carbons (Fsp3) is 0.0714. The third kappa shape index (κ3) is 29.4. The fourth-order valence-corrected chi connectivity index (χ4v) is 17.2. The SMILES string of the molecule is Cc1c(I)c(I)c(C)c(Oc2ccc(C(=O)O)cc2)c1I.Cc1cc(I)cc(I)c1Oc1ccc(C(=O)O)cc1.Cc1cc(I)cc(Oc2ccc(C(=O)O)cc2)c1.Cc1cc(I)cc(Oc2ccc(C(=O)O)cc2)c1I.Cc1cc(I)ccc1Oc1ccc(C(=O)O)cc1.O=C(O)c1ccc(Oc2ccc(I)cc2)cc1. The number of carbonyl (C=O) groups is 6. The Labute approximate surface area is 782 Å². The van der Waals surface area contributed by atoms with Gasteiger partial charge in [-0.25, -0.2) is 28.8 Å². The first kappa shape index (κ1) is 92.7. The van der Waals surface area contributed by atoms with Crippen molar-refractivity contribution in [2.24, 2.45) is 0 Å². The highest BCUT2D eigenvalue weighted by atomic mass is 127. The van der Waals surface area contributed by atoms with Gasteiger partial charge in [0.25, 0.3) is 0 Å². The number of halogens is 10. The Morgan fingerprint density at radius 2 is 0.536 bits per heavy atom. The van der Waals surface area contributed by atoms with Gasteiger partial charge in [0, 0.05) is 30.6 Å². The summed E-state index contributed by atoms with van der Waals surface area (Å²) in [5.41, 5.74) is 8.18. The highest BCUT2D eigenvalue weighted by Gasteiger charge is 2.19. The first-order valence-electron chi connectivity index (χ1n) is 32.4. The molecule has 0 aliphatic heterocycles. The molecule has 0 bridgehead atoms. The molecule has 0 radical (unpaired) electrons. The van der Waals surface area contributed by atoms with Crippen LogP contribution in [0.3, 0.4) is 0 Å². The zero-order valence-electron chi connectivity index (χ0n) is 59.3. The first-order chi connectivity index (χ1) is 53.0. The van der Waals surface area contributed by atoms with Gasteiger partial charge in [0.1, 0.15) is 69.0 Å². The molecule has 0 aliphatic carbocycles. The minimum Gasteiger partial charge on any atom is -0.478 e. The second-order valence-electron chi connectivity index (χ2n) is 23.5. The number of hydrogen-bond acceptors (Lipinski definition) is 12. The molecule has 0 aliphatic rings. The van der Waals surface area contributed by atoms with E-state index in [0.29, 0.717) is 34.5 Å². The smallest absolute Gasteiger partial charge is 0.335 e. The van der Waals surface area contributed by atoms with Crippen molar-refractivity contribution in [2.75, 3.05) is 0 Å². The van der Waals surface area contributed by atoms with Crippen molar-refractivity contribution in [3.8, 4) is 69.0 Å². The summed E-state index contributed by atoms with van der Waals surface area (Å²) in [6.07, 6.45) is 0. The molecule has 112 heavy (non-hydrogen) atoms. The molecular weight excluding hydrogens is 2570 g/mol. The van der Waals surface area contributed by atoms with Crippen LogP contribution in [0, 0.1) is 77.2 Å². The van der Waals surface area contributed by atoms with Crippen molar-refractivity contribution in [1.29, 1.82) is 0 Å². The Morgan fingerprint density at radius 3 is 0.911 bits per heavy atom. The Bertz CT molecular complexity index is 5270. The summed E-state index contributed by atoms with van der Waals surface area (Å²) in [7, 11) is 0. The summed E-state index contributed by atoms with van der Waals surface area (Å²) < 4.78 is 45.8. The van der Waals surface area contributed by atoms with Gasteiger partial charge in [-0.1, -0.05) is 0 Å². The van der Waals surface area contributed by atoms with E-state index in [2.05, 4.69) is 245 Å². The lowest BCUT2D eigenvalue weighted by Crippen LogP contribution is -2.00. The van der Waals surface area contributed by atoms with Crippen LogP contribution in [0.15, 0.2) is 231 Å². The number of aryl methyl sites for hydroxylation is 4. The Kier molecular flexibility index (Phi) is 37.4. The molecule has 0 atom stereocenters. The maximum absolute atomic E-state index is 10.9. The van der Waals surface area contributed by atoms with Crippen LogP contribution in [0.1, 0.15) is 95.5 Å². The normalized spacial score (nSPS) is 10.2. The van der Waals surface area contributed by atoms with Gasteiger partial charge in [-0.2, -0.15) is 0 Å². The van der Waals surface area contributed by atoms with Crippen LogP contribution in [-0.2, 0) is 0 Å². The molecule has 12 aromatic rings. The molecule has 0 amide bonds. The maximum Gasteiger partial charge on any atom is 0.335 e. The average molecular weight is 2630 g/mol. The first-order valence-corrected chi connectivity index (χ1v) is 43.2. The number of ether oxygens (including phenoxy) is 6. The number of hydrogen-bond donors (Lipinski definition) is 6. The predicted octanol–water partition coefficient (Wildman–Crippen LogP) is 27.0. The molecule has 0 unspecified atom stereocenters. The molecule has 6 N–H and O–H groups in total. The van der Waals surface area contributed by atoms with Crippen molar-refractivity contribution >= 4 is 262 Å². The lowest BCUT2D eigenvalue weighted by atomic mass is 10.1. The standard InChI is InChI=1S/C15H11I3O3.2C14H10I2O3.2C14H11IO3.C13H9IO3/c1-7-11(16)12(17)8(2)14(13(7)18)21-10-5-3-9(4-6-10)15(19)20;1-8-6-10(15)7-12(13(8)16)19-11-4-2-9(3-5-11)14(17)18;1-8-6-10(15)7-12(16)13(8)19-11-4-2-9(3-5-11)14(17)18;1-9-8-11(15)4-7-13(9)18-12-5-2-10(3-6-12)14(16)17;1-9-6-11(15)8-13(7-9)18-12-4-2-10(3-5-12)14(16)17;14-10-3-7-12(8-4-10)17-11-5-1-9(2-6-11)13(15)16/h3-6H,1-2H3,(H,19,20);2*2-7H,1H3,(H,17,18);2*2-8H,1H3,(H,16,17);1-8H,(H,15,16). The van der Waals surface area contributed by atoms with E-state index in [0.717, 1.165) is 90.9 Å². The van der Waals surface area contributed by atoms with Crippen LogP contribution < -0.4 is 28.4 Å². The van der Waals surface area contributed by atoms with Gasteiger partial charge in [0.05, 0.1) is 44.1 Å². The molecule has 0 spiro atoms. The third-order valence-corrected chi connectivity index (χ3v) is 25.5. The lowest BCUT2D eigenvalue weighted by molar-refractivity contribution is 0.0686. The van der Waals surface area contributed by atoms with Gasteiger partial charge in [-0.05, 0) is 526 Å². The van der Waals surface area contributed by atoms with Crippen molar-refractivity contribution in [3.05, 3.63) is 333 Å². The molecule has 0 aromatic heterocycles. The van der Waals surface area contributed by atoms with Gasteiger partial charge in [-0.15, -0.1) is 0 Å². The van der Waals surface area contributed by atoms with E-state index in [9.17, 15) is 28.8 Å². The molecule has 28 heteroatoms. The molecule has 12 aromatic carbocycles. The van der Waals surface area contributed by atoms with Crippen LogP contribution in [-0.4, -0.2) is 66.5 Å². The summed E-state index contributed by atoms with van der Waals surface area (Å²) in [5, 5.41) is 52.9. The molecule has 0 saturated carbocycles. The van der Waals surface area contributed by atoms with E-state index in [1.54, 1.807) is 84.9 Å². The van der Waals surface area contributed by atoms with Crippen LogP contribution in [0.4, 0.5) is 0 Å². The van der Waals surface area contributed by atoms with Crippen LogP contribution in [0.5, 0.6) is 69.0 Å². The molecule has 0 saturated heterocycles. The Hall–Kier alpha value is -6.44. The van der Waals surface area contributed by atoms with E-state index < -0.39 is 35.8 Å². The van der Waals surface area contributed by atoms with E-state index in [1.807, 2.05) is 107 Å². The molecular formula is C84H62I10O18. The largest absolute Gasteiger partial charge is 0.478 e. The number of benzene rings is 12. The Balaban J connectivity index is 0.000000187. The summed E-state index contributed by atoms with van der Waals surface area (Å²) in [5.74, 6) is 2.83. The summed E-state index contributed by atoms with van der Waals surface area (Å²) >= 11 is 22.6. The fourth-order valence-electron chi connectivity index (χ4n) is 9.32. The van der Waals surface area contributed by atoms with Gasteiger partial charge in [0.2, 0.25) is 0 Å². The van der Waals surface area contributed by atoms with Gasteiger partial charge >= 0.3 is 35.8 Å². The van der Waals surface area contributed by atoms with Crippen molar-refractivity contribution in [2.45, 2.75) is 41.5 Å². The number of rotatable bonds is 18. The highest BCUT2D eigenvalue weighted by molar-refractivity contribution is 14.1. The second-order valence-corrected chi connectivity index (χ2v) is 35.2. The zero-order chi connectivity index (χ0) is 82.2. The van der Waals surface area contributed by atoms with Gasteiger partial charge < -0.3 is 59.1 Å². The molecule has 18 nitrogen and oxygen atoms in total. The maximum atomic E-state index is 10.9. The molecule has 0 fully saturated rings. The summed E-state index contributed by atoms with van der Waals surface area (Å²) in [6, 6.07) is 65.8. The molecule has 576 valence electrons. The number of carboxylic acid groups (broad SMARTS) is 6. The monoisotopic (exact) mass is 2630 g/mol. The van der Waals surface area contributed by atoms with E-state index in [-0.39, 0.29) is 33.4 Å². The minimum absolute atomic E-state index is 0.250. The third-order valence-electron chi connectivity index (χ3n) is 15.0. The van der Waals surface area contributed by atoms with Crippen LogP contribution in [0.25, 0.3) is 0 Å². The molecule has 0 heterocycles. The quantitative estimate of drug-likeness (QED) is 0.0344. The van der Waals surface area contributed by atoms with Crippen LogP contribution >= 0.6 is 226 Å². The van der Waals surface area contributed by atoms with Gasteiger partial charge in [0.15, 0.2) is 0 Å². The second kappa shape index (κ2) is 45.2. The summed E-state index contributed by atoms with van der Waals surface area (Å²) in [4.78, 5) is 64.5. The lowest BCUT2D eigenvalue weighted by Gasteiger charge is -2.16. The number of aromatic carboxylic acids is 6. The van der Waals surface area contributed by atoms with Crippen LogP contribution in [0.2, 0.25) is 0 Å². The number of carboxylic acids is 6. The Morgan fingerprint density at radius 1 is 0.232 bits per heavy atom. The topological polar surface area (TPSA) is 279 Å². The van der Waals surface area contributed by atoms with E-state index in [4.69, 9.17) is 59.1 Å². The highest BCUT2D eigenvalue weighted by Crippen LogP contribution is 2.40.